The van der Waals surface area contributed by atoms with Crippen molar-refractivity contribution in [2.75, 3.05) is 17.7 Å². The minimum absolute atomic E-state index is 0.280. The molecule has 1 heterocycles. The Labute approximate surface area is 116 Å². The second-order valence-corrected chi connectivity index (χ2v) is 6.02. The van der Waals surface area contributed by atoms with Gasteiger partial charge in [-0.2, -0.15) is 0 Å². The lowest BCUT2D eigenvalue weighted by atomic mass is 9.75. The largest absolute Gasteiger partial charge is 0.383 e. The van der Waals surface area contributed by atoms with Crippen LogP contribution in [0.2, 0.25) is 0 Å². The van der Waals surface area contributed by atoms with Crippen LogP contribution in [-0.4, -0.2) is 17.4 Å². The van der Waals surface area contributed by atoms with Gasteiger partial charge in [-0.15, -0.1) is 11.6 Å². The number of hydrogen-bond donors (Lipinski definition) is 1. The van der Waals surface area contributed by atoms with Gasteiger partial charge in [-0.05, 0) is 34.8 Å². The highest BCUT2D eigenvalue weighted by molar-refractivity contribution is 9.10. The lowest BCUT2D eigenvalue weighted by Gasteiger charge is -2.36. The van der Waals surface area contributed by atoms with E-state index in [1.165, 1.54) is 32.1 Å². The molecule has 0 aliphatic heterocycles. The number of nitrogens with one attached hydrogen (secondary N) is 1. The van der Waals surface area contributed by atoms with Gasteiger partial charge in [0.05, 0.1) is 10.2 Å². The molecule has 1 aromatic rings. The summed E-state index contributed by atoms with van der Waals surface area (Å²) in [6, 6.07) is 1.99. The lowest BCUT2D eigenvalue weighted by molar-refractivity contribution is 0.238. The maximum atomic E-state index is 6.18. The molecular weight excluding hydrogens is 300 g/mol. The molecule has 0 aromatic carbocycles. The van der Waals surface area contributed by atoms with Gasteiger partial charge < -0.3 is 5.32 Å². The second kappa shape index (κ2) is 6.05. The van der Waals surface area contributed by atoms with E-state index < -0.39 is 0 Å². The summed E-state index contributed by atoms with van der Waals surface area (Å²) in [5.41, 5.74) is 1.39. The van der Waals surface area contributed by atoms with E-state index in [2.05, 4.69) is 26.2 Å². The summed E-state index contributed by atoms with van der Waals surface area (Å²) in [6.07, 6.45) is 10.1. The van der Waals surface area contributed by atoms with Gasteiger partial charge in [-0.25, -0.2) is 0 Å². The maximum absolute atomic E-state index is 6.18. The number of pyridine rings is 1. The van der Waals surface area contributed by atoms with Crippen molar-refractivity contribution < 1.29 is 0 Å². The van der Waals surface area contributed by atoms with Crippen LogP contribution >= 0.6 is 27.5 Å². The van der Waals surface area contributed by atoms with Gasteiger partial charge in [0, 0.05) is 30.2 Å². The van der Waals surface area contributed by atoms with Crippen LogP contribution in [0.1, 0.15) is 32.1 Å². The van der Waals surface area contributed by atoms with Gasteiger partial charge in [0.1, 0.15) is 0 Å². The second-order valence-electron chi connectivity index (χ2n) is 4.90. The molecule has 2 nitrogen and oxygen atoms in total. The topological polar surface area (TPSA) is 24.9 Å². The Hall–Kier alpha value is -0.280. The smallest absolute Gasteiger partial charge is 0.0590 e. The first kappa shape index (κ1) is 13.2. The van der Waals surface area contributed by atoms with Gasteiger partial charge in [0.25, 0.3) is 0 Å². The summed E-state index contributed by atoms with van der Waals surface area (Å²) in [4.78, 5) is 4.06. The average molecular weight is 318 g/mol. The Morgan fingerprint density at radius 3 is 2.76 bits per heavy atom. The van der Waals surface area contributed by atoms with E-state index in [4.69, 9.17) is 11.6 Å². The van der Waals surface area contributed by atoms with Crippen molar-refractivity contribution in [3.8, 4) is 0 Å². The standard InChI is InChI=1S/C13H18BrClN2/c14-11-8-16-7-4-12(11)17-10-13(9-15)5-2-1-3-6-13/h4,7-8H,1-3,5-6,9-10H2,(H,16,17). The molecule has 1 aromatic heterocycles. The minimum Gasteiger partial charge on any atom is -0.383 e. The van der Waals surface area contributed by atoms with Crippen LogP contribution in [0.4, 0.5) is 5.69 Å². The Kier molecular flexibility index (Phi) is 4.69. The van der Waals surface area contributed by atoms with Crippen molar-refractivity contribution in [3.63, 3.8) is 0 Å². The predicted molar refractivity (Wildman–Crippen MR) is 76.7 cm³/mol. The summed E-state index contributed by atoms with van der Waals surface area (Å²) >= 11 is 9.68. The van der Waals surface area contributed by atoms with Crippen molar-refractivity contribution in [3.05, 3.63) is 22.9 Å². The maximum Gasteiger partial charge on any atom is 0.0590 e. The minimum atomic E-state index is 0.280. The molecule has 2 rings (SSSR count). The Morgan fingerprint density at radius 1 is 1.35 bits per heavy atom. The highest BCUT2D eigenvalue weighted by atomic mass is 79.9. The van der Waals surface area contributed by atoms with Crippen molar-refractivity contribution in [2.45, 2.75) is 32.1 Å². The van der Waals surface area contributed by atoms with Crippen molar-refractivity contribution in [1.29, 1.82) is 0 Å². The third-order valence-corrected chi connectivity index (χ3v) is 4.82. The van der Waals surface area contributed by atoms with Crippen LogP contribution in [0.25, 0.3) is 0 Å². The third-order valence-electron chi connectivity index (χ3n) is 3.62. The van der Waals surface area contributed by atoms with E-state index in [-0.39, 0.29) is 5.41 Å². The van der Waals surface area contributed by atoms with Crippen LogP contribution in [0.5, 0.6) is 0 Å². The molecular formula is C13H18BrClN2. The molecule has 0 saturated heterocycles. The van der Waals surface area contributed by atoms with Crippen LogP contribution in [-0.2, 0) is 0 Å². The normalized spacial score (nSPS) is 18.9. The van der Waals surface area contributed by atoms with E-state index in [1.54, 1.807) is 6.20 Å². The quantitative estimate of drug-likeness (QED) is 0.830. The Morgan fingerprint density at radius 2 is 2.12 bits per heavy atom. The van der Waals surface area contributed by atoms with Crippen molar-refractivity contribution in [2.24, 2.45) is 5.41 Å². The number of alkyl halides is 1. The molecule has 0 bridgehead atoms. The average Bonchev–Trinajstić information content (AvgIpc) is 2.39. The summed E-state index contributed by atoms with van der Waals surface area (Å²) in [7, 11) is 0. The van der Waals surface area contributed by atoms with Gasteiger partial charge in [0.2, 0.25) is 0 Å². The molecule has 1 saturated carbocycles. The first-order valence-corrected chi connectivity index (χ1v) is 7.48. The van der Waals surface area contributed by atoms with Gasteiger partial charge in [0.15, 0.2) is 0 Å². The van der Waals surface area contributed by atoms with Gasteiger partial charge >= 0.3 is 0 Å². The Balaban J connectivity index is 1.98. The molecule has 1 aliphatic rings. The van der Waals surface area contributed by atoms with E-state index in [9.17, 15) is 0 Å². The third kappa shape index (κ3) is 3.35. The number of aromatic nitrogens is 1. The number of nitrogens with zero attached hydrogens (tertiary/aromatic N) is 1. The van der Waals surface area contributed by atoms with E-state index >= 15 is 0 Å². The van der Waals surface area contributed by atoms with Crippen LogP contribution in [0.15, 0.2) is 22.9 Å². The highest BCUT2D eigenvalue weighted by Gasteiger charge is 2.30. The number of rotatable bonds is 4. The SMILES string of the molecule is ClCC1(CNc2ccncc2Br)CCCCC1. The molecule has 17 heavy (non-hydrogen) atoms. The molecule has 0 amide bonds. The molecule has 1 aliphatic carbocycles. The fourth-order valence-corrected chi connectivity index (χ4v) is 3.21. The van der Waals surface area contributed by atoms with E-state index in [0.717, 1.165) is 22.6 Å². The number of anilines is 1. The zero-order chi connectivity index (χ0) is 12.1. The first-order chi connectivity index (χ1) is 8.26. The summed E-state index contributed by atoms with van der Waals surface area (Å²) in [6.45, 7) is 0.957. The van der Waals surface area contributed by atoms with Gasteiger partial charge in [-0.3, -0.25) is 4.98 Å². The first-order valence-electron chi connectivity index (χ1n) is 6.15. The zero-order valence-corrected chi connectivity index (χ0v) is 12.2. The van der Waals surface area contributed by atoms with Gasteiger partial charge in [-0.1, -0.05) is 19.3 Å². The molecule has 0 radical (unpaired) electrons. The molecule has 94 valence electrons. The fourth-order valence-electron chi connectivity index (χ4n) is 2.46. The Bertz CT molecular complexity index is 364. The lowest BCUT2D eigenvalue weighted by Crippen LogP contribution is -2.33. The molecule has 0 unspecified atom stereocenters. The van der Waals surface area contributed by atoms with E-state index in [0.29, 0.717) is 0 Å². The van der Waals surface area contributed by atoms with Crippen LogP contribution in [0.3, 0.4) is 0 Å². The van der Waals surface area contributed by atoms with Crippen molar-refractivity contribution >= 4 is 33.2 Å². The number of halogens is 2. The summed E-state index contributed by atoms with van der Waals surface area (Å²) in [5.74, 6) is 0.753. The monoisotopic (exact) mass is 316 g/mol. The molecule has 0 spiro atoms. The van der Waals surface area contributed by atoms with Crippen LogP contribution < -0.4 is 5.32 Å². The highest BCUT2D eigenvalue weighted by Crippen LogP contribution is 2.37. The van der Waals surface area contributed by atoms with Crippen LogP contribution in [0, 0.1) is 5.41 Å². The molecule has 4 heteroatoms. The number of hydrogen-bond acceptors (Lipinski definition) is 2. The predicted octanol–water partition coefficient (Wildman–Crippen LogP) is 4.45. The molecule has 0 atom stereocenters. The van der Waals surface area contributed by atoms with E-state index in [1.807, 2.05) is 12.3 Å². The summed E-state index contributed by atoms with van der Waals surface area (Å²) < 4.78 is 1.01. The molecule has 1 fully saturated rings. The molecule has 1 N–H and O–H groups in total. The fraction of sp³-hybridized carbons (Fsp3) is 0.615. The van der Waals surface area contributed by atoms with Crippen molar-refractivity contribution in [1.82, 2.24) is 4.98 Å². The summed E-state index contributed by atoms with van der Waals surface area (Å²) in [5, 5.41) is 3.50. The zero-order valence-electron chi connectivity index (χ0n) is 9.88.